The van der Waals surface area contributed by atoms with E-state index < -0.39 is 0 Å². The van der Waals surface area contributed by atoms with Crippen molar-refractivity contribution in [3.05, 3.63) is 0 Å². The zero-order valence-corrected chi connectivity index (χ0v) is 7.61. The minimum absolute atomic E-state index is 0.496. The standard InChI is InChI=1S/C9H17NO/c1-4-5-7-10-9(2)6-8-11-3/h9-10H,6-8H2,1-3H3. The van der Waals surface area contributed by atoms with Crippen LogP contribution in [0.15, 0.2) is 0 Å². The van der Waals surface area contributed by atoms with Gasteiger partial charge in [-0.3, -0.25) is 0 Å². The molecule has 0 rings (SSSR count). The quantitative estimate of drug-likeness (QED) is 0.599. The second kappa shape index (κ2) is 7.59. The first-order valence-corrected chi connectivity index (χ1v) is 3.93. The third-order valence-corrected chi connectivity index (χ3v) is 1.47. The SMILES string of the molecule is CC#CCNC(C)CCOC. The first-order valence-electron chi connectivity index (χ1n) is 3.93. The summed E-state index contributed by atoms with van der Waals surface area (Å²) < 4.78 is 4.94. The average Bonchev–Trinajstić information content (AvgIpc) is 2.01. The highest BCUT2D eigenvalue weighted by Crippen LogP contribution is 1.88. The van der Waals surface area contributed by atoms with Crippen molar-refractivity contribution in [2.45, 2.75) is 26.3 Å². The minimum Gasteiger partial charge on any atom is -0.385 e. The highest BCUT2D eigenvalue weighted by atomic mass is 16.5. The van der Waals surface area contributed by atoms with E-state index in [1.165, 1.54) is 0 Å². The number of methoxy groups -OCH3 is 1. The molecular formula is C9H17NO. The third-order valence-electron chi connectivity index (χ3n) is 1.47. The molecule has 64 valence electrons. The van der Waals surface area contributed by atoms with Crippen LogP contribution in [0.1, 0.15) is 20.3 Å². The van der Waals surface area contributed by atoms with Crippen LogP contribution in [-0.4, -0.2) is 26.3 Å². The molecule has 11 heavy (non-hydrogen) atoms. The first-order chi connectivity index (χ1) is 5.31. The van der Waals surface area contributed by atoms with Crippen molar-refractivity contribution in [3.63, 3.8) is 0 Å². The zero-order chi connectivity index (χ0) is 8.53. The van der Waals surface area contributed by atoms with Crippen LogP contribution in [0.5, 0.6) is 0 Å². The largest absolute Gasteiger partial charge is 0.385 e. The van der Waals surface area contributed by atoms with Gasteiger partial charge in [0.2, 0.25) is 0 Å². The minimum atomic E-state index is 0.496. The van der Waals surface area contributed by atoms with Crippen molar-refractivity contribution < 1.29 is 4.74 Å². The van der Waals surface area contributed by atoms with Gasteiger partial charge in [-0.1, -0.05) is 5.92 Å². The van der Waals surface area contributed by atoms with E-state index in [-0.39, 0.29) is 0 Å². The van der Waals surface area contributed by atoms with Crippen LogP contribution in [0.4, 0.5) is 0 Å². The van der Waals surface area contributed by atoms with Gasteiger partial charge in [-0.05, 0) is 20.3 Å². The van der Waals surface area contributed by atoms with Gasteiger partial charge in [0.1, 0.15) is 0 Å². The molecule has 0 aliphatic rings. The fourth-order valence-corrected chi connectivity index (χ4v) is 0.710. The van der Waals surface area contributed by atoms with Crippen LogP contribution >= 0.6 is 0 Å². The highest BCUT2D eigenvalue weighted by Gasteiger charge is 1.97. The maximum absolute atomic E-state index is 4.94. The van der Waals surface area contributed by atoms with E-state index in [9.17, 15) is 0 Å². The monoisotopic (exact) mass is 155 g/mol. The van der Waals surface area contributed by atoms with Gasteiger partial charge in [-0.15, -0.1) is 5.92 Å². The molecule has 0 fully saturated rings. The topological polar surface area (TPSA) is 21.3 Å². The van der Waals surface area contributed by atoms with Gasteiger partial charge in [0, 0.05) is 19.8 Å². The summed E-state index contributed by atoms with van der Waals surface area (Å²) in [6, 6.07) is 0.496. The summed E-state index contributed by atoms with van der Waals surface area (Å²) in [4.78, 5) is 0. The smallest absolute Gasteiger partial charge is 0.0578 e. The molecule has 2 nitrogen and oxygen atoms in total. The summed E-state index contributed by atoms with van der Waals surface area (Å²) in [5.74, 6) is 5.79. The molecule has 0 amide bonds. The number of rotatable bonds is 5. The Labute approximate surface area is 69.3 Å². The zero-order valence-electron chi connectivity index (χ0n) is 7.61. The van der Waals surface area contributed by atoms with Crippen LogP contribution in [0, 0.1) is 11.8 Å². The summed E-state index contributed by atoms with van der Waals surface area (Å²) in [7, 11) is 1.72. The number of ether oxygens (including phenoxy) is 1. The number of hydrogen-bond donors (Lipinski definition) is 1. The van der Waals surface area contributed by atoms with Crippen molar-refractivity contribution in [2.24, 2.45) is 0 Å². The molecule has 1 atom stereocenters. The Kier molecular flexibility index (Phi) is 7.23. The Morgan fingerprint density at radius 2 is 2.27 bits per heavy atom. The van der Waals surface area contributed by atoms with Gasteiger partial charge in [-0.2, -0.15) is 0 Å². The summed E-state index contributed by atoms with van der Waals surface area (Å²) >= 11 is 0. The fourth-order valence-electron chi connectivity index (χ4n) is 0.710. The van der Waals surface area contributed by atoms with Gasteiger partial charge >= 0.3 is 0 Å². The van der Waals surface area contributed by atoms with Gasteiger partial charge < -0.3 is 10.1 Å². The maximum atomic E-state index is 4.94. The lowest BCUT2D eigenvalue weighted by molar-refractivity contribution is 0.185. The van der Waals surface area contributed by atoms with E-state index in [0.717, 1.165) is 19.6 Å². The summed E-state index contributed by atoms with van der Waals surface area (Å²) in [6.45, 7) is 5.58. The molecular weight excluding hydrogens is 138 g/mol. The Balaban J connectivity index is 3.19. The molecule has 0 aliphatic heterocycles. The first kappa shape index (κ1) is 10.5. The summed E-state index contributed by atoms with van der Waals surface area (Å²) in [5, 5.41) is 3.26. The van der Waals surface area contributed by atoms with Crippen molar-refractivity contribution in [1.29, 1.82) is 0 Å². The molecule has 0 saturated heterocycles. The maximum Gasteiger partial charge on any atom is 0.0578 e. The Morgan fingerprint density at radius 3 is 2.82 bits per heavy atom. The van der Waals surface area contributed by atoms with Crippen molar-refractivity contribution >= 4 is 0 Å². The van der Waals surface area contributed by atoms with E-state index in [4.69, 9.17) is 4.74 Å². The number of hydrogen-bond acceptors (Lipinski definition) is 2. The third kappa shape index (κ3) is 7.38. The molecule has 0 aliphatic carbocycles. The Hall–Kier alpha value is -0.520. The predicted molar refractivity (Wildman–Crippen MR) is 47.4 cm³/mol. The molecule has 0 spiro atoms. The molecule has 0 aromatic rings. The Morgan fingerprint density at radius 1 is 1.55 bits per heavy atom. The molecule has 2 heteroatoms. The second-order valence-electron chi connectivity index (χ2n) is 2.49. The van der Waals surface area contributed by atoms with Crippen molar-refractivity contribution in [1.82, 2.24) is 5.32 Å². The van der Waals surface area contributed by atoms with Crippen molar-refractivity contribution in [3.8, 4) is 11.8 Å². The number of nitrogens with one attached hydrogen (secondary N) is 1. The lowest BCUT2D eigenvalue weighted by Crippen LogP contribution is -2.27. The van der Waals surface area contributed by atoms with E-state index in [1.54, 1.807) is 7.11 Å². The predicted octanol–water partition coefficient (Wildman–Crippen LogP) is 1.02. The van der Waals surface area contributed by atoms with Gasteiger partial charge in [0.15, 0.2) is 0 Å². The molecule has 0 radical (unpaired) electrons. The van der Waals surface area contributed by atoms with Crippen LogP contribution < -0.4 is 5.32 Å². The van der Waals surface area contributed by atoms with Gasteiger partial charge in [-0.25, -0.2) is 0 Å². The summed E-state index contributed by atoms with van der Waals surface area (Å²) in [5.41, 5.74) is 0. The van der Waals surface area contributed by atoms with Crippen LogP contribution in [-0.2, 0) is 4.74 Å². The van der Waals surface area contributed by atoms with Gasteiger partial charge in [0.05, 0.1) is 6.54 Å². The summed E-state index contributed by atoms with van der Waals surface area (Å²) in [6.07, 6.45) is 1.04. The van der Waals surface area contributed by atoms with Crippen LogP contribution in [0.3, 0.4) is 0 Å². The fraction of sp³-hybridized carbons (Fsp3) is 0.778. The van der Waals surface area contributed by atoms with Crippen LogP contribution in [0.2, 0.25) is 0 Å². The van der Waals surface area contributed by atoms with Crippen molar-refractivity contribution in [2.75, 3.05) is 20.3 Å². The van der Waals surface area contributed by atoms with Gasteiger partial charge in [0.25, 0.3) is 0 Å². The van der Waals surface area contributed by atoms with E-state index in [0.29, 0.717) is 6.04 Å². The average molecular weight is 155 g/mol. The van der Waals surface area contributed by atoms with E-state index >= 15 is 0 Å². The Bertz CT molecular complexity index is 134. The molecule has 1 unspecified atom stereocenters. The highest BCUT2D eigenvalue weighted by molar-refractivity contribution is 4.97. The van der Waals surface area contributed by atoms with Crippen LogP contribution in [0.25, 0.3) is 0 Å². The van der Waals surface area contributed by atoms with E-state index in [2.05, 4.69) is 24.1 Å². The normalized spacial score (nSPS) is 11.9. The molecule has 0 bridgehead atoms. The molecule has 1 N–H and O–H groups in total. The molecule has 0 aromatic heterocycles. The molecule has 0 aromatic carbocycles. The molecule has 0 heterocycles. The second-order valence-corrected chi connectivity index (χ2v) is 2.49. The van der Waals surface area contributed by atoms with E-state index in [1.807, 2.05) is 6.92 Å². The lowest BCUT2D eigenvalue weighted by atomic mass is 10.2. The molecule has 0 saturated carbocycles. The lowest BCUT2D eigenvalue weighted by Gasteiger charge is -2.09.